The third-order valence-corrected chi connectivity index (χ3v) is 3.82. The van der Waals surface area contributed by atoms with Crippen molar-refractivity contribution in [3.63, 3.8) is 0 Å². The molecule has 3 heteroatoms. The van der Waals surface area contributed by atoms with Gasteiger partial charge in [0.05, 0.1) is 5.54 Å². The Morgan fingerprint density at radius 2 is 1.93 bits per heavy atom. The van der Waals surface area contributed by atoms with Crippen molar-refractivity contribution in [1.82, 2.24) is 4.90 Å². The molecular weight excluding hydrogens is 188 g/mol. The topological polar surface area (TPSA) is 46.3 Å². The van der Waals surface area contributed by atoms with Crippen LogP contribution in [0.1, 0.15) is 44.9 Å². The van der Waals surface area contributed by atoms with E-state index >= 15 is 0 Å². The zero-order valence-corrected chi connectivity index (χ0v) is 9.67. The highest BCUT2D eigenvalue weighted by molar-refractivity contribution is 5.88. The predicted molar refractivity (Wildman–Crippen MR) is 60.4 cm³/mol. The normalized spacial score (nSPS) is 24.9. The molecule has 0 unspecified atom stereocenters. The van der Waals surface area contributed by atoms with Crippen LogP contribution in [0.25, 0.3) is 0 Å². The highest BCUT2D eigenvalue weighted by Gasteiger charge is 2.47. The molecule has 2 aliphatic rings. The number of carbonyl (C=O) groups is 1. The lowest BCUT2D eigenvalue weighted by molar-refractivity contribution is -0.133. The summed E-state index contributed by atoms with van der Waals surface area (Å²) >= 11 is 0. The number of nitrogens with zero attached hydrogens (tertiary/aromatic N) is 1. The van der Waals surface area contributed by atoms with Crippen LogP contribution in [0.5, 0.6) is 0 Å². The van der Waals surface area contributed by atoms with Crippen LogP contribution in [-0.2, 0) is 4.79 Å². The van der Waals surface area contributed by atoms with Crippen LogP contribution in [0, 0.1) is 5.92 Å². The van der Waals surface area contributed by atoms with E-state index in [1.807, 2.05) is 11.9 Å². The van der Waals surface area contributed by atoms with Gasteiger partial charge in [-0.25, -0.2) is 0 Å². The molecule has 2 aliphatic carbocycles. The summed E-state index contributed by atoms with van der Waals surface area (Å²) in [7, 11) is 1.91. The Hall–Kier alpha value is -0.570. The largest absolute Gasteiger partial charge is 0.344 e. The van der Waals surface area contributed by atoms with E-state index in [9.17, 15) is 4.79 Å². The summed E-state index contributed by atoms with van der Waals surface area (Å²) in [6, 6.07) is 0. The fourth-order valence-corrected chi connectivity index (χ4v) is 2.57. The molecule has 0 heterocycles. The van der Waals surface area contributed by atoms with Gasteiger partial charge < -0.3 is 10.6 Å². The van der Waals surface area contributed by atoms with Crippen LogP contribution in [-0.4, -0.2) is 29.9 Å². The number of rotatable bonds is 3. The van der Waals surface area contributed by atoms with Gasteiger partial charge in [-0.3, -0.25) is 4.79 Å². The monoisotopic (exact) mass is 210 g/mol. The fraction of sp³-hybridized carbons (Fsp3) is 0.917. The Balaban J connectivity index is 1.80. The zero-order valence-electron chi connectivity index (χ0n) is 9.67. The third-order valence-electron chi connectivity index (χ3n) is 3.82. The third kappa shape index (κ3) is 2.51. The number of amides is 1. The maximum atomic E-state index is 11.9. The first-order valence-corrected chi connectivity index (χ1v) is 6.16. The van der Waals surface area contributed by atoms with Crippen molar-refractivity contribution >= 4 is 5.91 Å². The van der Waals surface area contributed by atoms with E-state index in [0.29, 0.717) is 0 Å². The summed E-state index contributed by atoms with van der Waals surface area (Å²) in [6.45, 7) is 0.914. The summed E-state index contributed by atoms with van der Waals surface area (Å²) in [5.74, 6) is 0.878. The first-order valence-electron chi connectivity index (χ1n) is 6.16. The minimum absolute atomic E-state index is 0.160. The molecule has 0 spiro atoms. The number of nitrogens with two attached hydrogens (primary N) is 1. The van der Waals surface area contributed by atoms with Gasteiger partial charge in [0.25, 0.3) is 0 Å². The van der Waals surface area contributed by atoms with Crippen LogP contribution < -0.4 is 5.73 Å². The Morgan fingerprint density at radius 1 is 1.33 bits per heavy atom. The van der Waals surface area contributed by atoms with Gasteiger partial charge in [-0.1, -0.05) is 19.3 Å². The standard InChI is InChI=1S/C12H22N2O/c1-14(11(15)12(13)7-8-12)9-10-5-3-2-4-6-10/h10H,2-9,13H2,1H3. The van der Waals surface area contributed by atoms with E-state index in [0.717, 1.165) is 25.3 Å². The van der Waals surface area contributed by atoms with Crippen molar-refractivity contribution in [3.8, 4) is 0 Å². The molecule has 2 N–H and O–H groups in total. The number of likely N-dealkylation sites (N-methyl/N-ethyl adjacent to an activating group) is 1. The van der Waals surface area contributed by atoms with Crippen molar-refractivity contribution in [2.24, 2.45) is 11.7 Å². The minimum Gasteiger partial charge on any atom is -0.344 e. The van der Waals surface area contributed by atoms with Crippen LogP contribution in [0.15, 0.2) is 0 Å². The molecule has 86 valence electrons. The molecule has 0 aromatic heterocycles. The fourth-order valence-electron chi connectivity index (χ4n) is 2.57. The van der Waals surface area contributed by atoms with Crippen molar-refractivity contribution in [2.75, 3.05) is 13.6 Å². The van der Waals surface area contributed by atoms with Crippen molar-refractivity contribution in [1.29, 1.82) is 0 Å². The molecular formula is C12H22N2O. The van der Waals surface area contributed by atoms with Crippen molar-refractivity contribution in [2.45, 2.75) is 50.5 Å². The van der Waals surface area contributed by atoms with E-state index < -0.39 is 5.54 Å². The van der Waals surface area contributed by atoms with Gasteiger partial charge in [0.15, 0.2) is 0 Å². The van der Waals surface area contributed by atoms with Crippen LogP contribution >= 0.6 is 0 Å². The van der Waals surface area contributed by atoms with Gasteiger partial charge in [0, 0.05) is 13.6 Å². The first-order chi connectivity index (χ1) is 7.12. The Kier molecular flexibility index (Phi) is 3.01. The molecule has 0 saturated heterocycles. The van der Waals surface area contributed by atoms with Gasteiger partial charge in [-0.15, -0.1) is 0 Å². The van der Waals surface area contributed by atoms with Crippen LogP contribution in [0.2, 0.25) is 0 Å². The molecule has 0 aliphatic heterocycles. The molecule has 0 atom stereocenters. The summed E-state index contributed by atoms with van der Waals surface area (Å²) in [5.41, 5.74) is 5.42. The molecule has 2 fully saturated rings. The minimum atomic E-state index is -0.483. The maximum absolute atomic E-state index is 11.9. The first kappa shape index (κ1) is 10.9. The Labute approximate surface area is 92.0 Å². The highest BCUT2D eigenvalue weighted by atomic mass is 16.2. The molecule has 15 heavy (non-hydrogen) atoms. The van der Waals surface area contributed by atoms with Crippen LogP contribution in [0.4, 0.5) is 0 Å². The van der Waals surface area contributed by atoms with Gasteiger partial charge in [0.2, 0.25) is 5.91 Å². The van der Waals surface area contributed by atoms with Crippen LogP contribution in [0.3, 0.4) is 0 Å². The Morgan fingerprint density at radius 3 is 2.47 bits per heavy atom. The molecule has 3 nitrogen and oxygen atoms in total. The van der Waals surface area contributed by atoms with Gasteiger partial charge in [-0.2, -0.15) is 0 Å². The molecule has 2 saturated carbocycles. The van der Waals surface area contributed by atoms with E-state index in [1.165, 1.54) is 32.1 Å². The summed E-state index contributed by atoms with van der Waals surface area (Å²) in [4.78, 5) is 13.8. The second-order valence-electron chi connectivity index (χ2n) is 5.35. The van der Waals surface area contributed by atoms with Gasteiger partial charge in [0.1, 0.15) is 0 Å². The maximum Gasteiger partial charge on any atom is 0.242 e. The SMILES string of the molecule is CN(CC1CCCCC1)C(=O)C1(N)CC1. The zero-order chi connectivity index (χ0) is 10.9. The molecule has 2 rings (SSSR count). The average Bonchev–Trinajstić information content (AvgIpc) is 2.98. The smallest absolute Gasteiger partial charge is 0.242 e. The molecule has 0 radical (unpaired) electrons. The molecule has 0 aromatic rings. The molecule has 0 aromatic carbocycles. The van der Waals surface area contributed by atoms with Crippen molar-refractivity contribution < 1.29 is 4.79 Å². The van der Waals surface area contributed by atoms with Crippen molar-refractivity contribution in [3.05, 3.63) is 0 Å². The van der Waals surface area contributed by atoms with Gasteiger partial charge in [-0.05, 0) is 31.6 Å². The molecule has 0 bridgehead atoms. The summed E-state index contributed by atoms with van der Waals surface area (Å²) < 4.78 is 0. The number of hydrogen-bond donors (Lipinski definition) is 1. The quantitative estimate of drug-likeness (QED) is 0.767. The average molecular weight is 210 g/mol. The lowest BCUT2D eigenvalue weighted by Gasteiger charge is -2.28. The Bertz CT molecular complexity index is 242. The van der Waals surface area contributed by atoms with E-state index in [4.69, 9.17) is 5.73 Å². The second-order valence-corrected chi connectivity index (χ2v) is 5.35. The summed E-state index contributed by atoms with van der Waals surface area (Å²) in [6.07, 6.45) is 8.36. The number of hydrogen-bond acceptors (Lipinski definition) is 2. The number of carbonyl (C=O) groups excluding carboxylic acids is 1. The highest BCUT2D eigenvalue weighted by Crippen LogP contribution is 2.34. The van der Waals surface area contributed by atoms with E-state index in [1.54, 1.807) is 0 Å². The lowest BCUT2D eigenvalue weighted by atomic mass is 9.89. The lowest BCUT2D eigenvalue weighted by Crippen LogP contribution is -2.45. The van der Waals surface area contributed by atoms with E-state index in [2.05, 4.69) is 0 Å². The van der Waals surface area contributed by atoms with Gasteiger partial charge >= 0.3 is 0 Å². The van der Waals surface area contributed by atoms with E-state index in [-0.39, 0.29) is 5.91 Å². The predicted octanol–water partition coefficient (Wildman–Crippen LogP) is 1.52. The molecule has 1 amide bonds. The second kappa shape index (κ2) is 4.12. The summed E-state index contributed by atoms with van der Waals surface area (Å²) in [5, 5.41) is 0.